The van der Waals surface area contributed by atoms with Crippen molar-refractivity contribution >= 4 is 63.8 Å². The number of hydrogen-bond donors (Lipinski definition) is 1. The van der Waals surface area contributed by atoms with E-state index in [-0.39, 0.29) is 11.4 Å². The standard InChI is InChI=1S/C18H12Cl2N2O3S/c19-13-8-4-5-11(16(13)20)9-14-17(24)22(18(25)26-14)10-15(23)21-12-6-2-1-3-7-12/h1-9H,10H2,(H,21,23)/b14-9-. The van der Waals surface area contributed by atoms with Gasteiger partial charge in [-0.25, -0.2) is 0 Å². The van der Waals surface area contributed by atoms with Crippen molar-refractivity contribution in [2.75, 3.05) is 11.9 Å². The Morgan fingerprint density at radius 3 is 2.54 bits per heavy atom. The molecule has 0 saturated carbocycles. The van der Waals surface area contributed by atoms with Crippen LogP contribution in [0.15, 0.2) is 53.4 Å². The van der Waals surface area contributed by atoms with Crippen LogP contribution in [-0.4, -0.2) is 28.5 Å². The van der Waals surface area contributed by atoms with Gasteiger partial charge in [0.15, 0.2) is 0 Å². The molecule has 0 atom stereocenters. The first-order valence-corrected chi connectivity index (χ1v) is 9.07. The largest absolute Gasteiger partial charge is 0.325 e. The molecule has 1 aliphatic rings. The third-order valence-electron chi connectivity index (χ3n) is 3.50. The number of hydrogen-bond acceptors (Lipinski definition) is 4. The molecular weight excluding hydrogens is 395 g/mol. The van der Waals surface area contributed by atoms with E-state index in [1.165, 1.54) is 6.08 Å². The molecule has 0 spiro atoms. The summed E-state index contributed by atoms with van der Waals surface area (Å²) in [4.78, 5) is 37.8. The van der Waals surface area contributed by atoms with Gasteiger partial charge in [-0.05, 0) is 41.6 Å². The number of anilines is 1. The first-order chi connectivity index (χ1) is 12.5. The van der Waals surface area contributed by atoms with Crippen molar-refractivity contribution in [1.82, 2.24) is 4.90 Å². The van der Waals surface area contributed by atoms with E-state index in [4.69, 9.17) is 23.2 Å². The van der Waals surface area contributed by atoms with E-state index in [0.29, 0.717) is 21.3 Å². The zero-order chi connectivity index (χ0) is 18.7. The number of halogens is 2. The summed E-state index contributed by atoms with van der Waals surface area (Å²) < 4.78 is 0. The normalized spacial score (nSPS) is 15.6. The molecule has 0 aromatic heterocycles. The van der Waals surface area contributed by atoms with E-state index in [9.17, 15) is 14.4 Å². The molecule has 2 aromatic rings. The van der Waals surface area contributed by atoms with Gasteiger partial charge in [0, 0.05) is 5.69 Å². The third-order valence-corrected chi connectivity index (χ3v) is 5.24. The fraction of sp³-hybridized carbons (Fsp3) is 0.0556. The van der Waals surface area contributed by atoms with Gasteiger partial charge in [0.1, 0.15) is 6.54 Å². The first-order valence-electron chi connectivity index (χ1n) is 7.50. The van der Waals surface area contributed by atoms with Gasteiger partial charge in [0.05, 0.1) is 15.0 Å². The molecule has 1 heterocycles. The van der Waals surface area contributed by atoms with Gasteiger partial charge >= 0.3 is 0 Å². The van der Waals surface area contributed by atoms with Gasteiger partial charge in [0.2, 0.25) is 5.91 Å². The van der Waals surface area contributed by atoms with E-state index < -0.39 is 17.1 Å². The van der Waals surface area contributed by atoms with Crippen LogP contribution in [0.3, 0.4) is 0 Å². The number of imide groups is 1. The molecular formula is C18H12Cl2N2O3S. The summed E-state index contributed by atoms with van der Waals surface area (Å²) in [6.45, 7) is -0.361. The highest BCUT2D eigenvalue weighted by atomic mass is 35.5. The van der Waals surface area contributed by atoms with Crippen LogP contribution in [0.2, 0.25) is 10.0 Å². The third kappa shape index (κ3) is 4.09. The minimum absolute atomic E-state index is 0.187. The van der Waals surface area contributed by atoms with Gasteiger partial charge < -0.3 is 5.32 Å². The molecule has 1 fully saturated rings. The molecule has 0 radical (unpaired) electrons. The smallest absolute Gasteiger partial charge is 0.294 e. The van der Waals surface area contributed by atoms with Gasteiger partial charge in [-0.15, -0.1) is 0 Å². The zero-order valence-electron chi connectivity index (χ0n) is 13.2. The van der Waals surface area contributed by atoms with Crippen LogP contribution >= 0.6 is 35.0 Å². The summed E-state index contributed by atoms with van der Waals surface area (Å²) >= 11 is 12.8. The number of nitrogens with zero attached hydrogens (tertiary/aromatic N) is 1. The molecule has 132 valence electrons. The van der Waals surface area contributed by atoms with Crippen molar-refractivity contribution in [2.24, 2.45) is 0 Å². The lowest BCUT2D eigenvalue weighted by molar-refractivity contribution is -0.127. The monoisotopic (exact) mass is 406 g/mol. The molecule has 0 aliphatic carbocycles. The van der Waals surface area contributed by atoms with Crippen molar-refractivity contribution in [3.8, 4) is 0 Å². The van der Waals surface area contributed by atoms with Crippen LogP contribution in [0.1, 0.15) is 5.56 Å². The summed E-state index contributed by atoms with van der Waals surface area (Å²) in [5, 5.41) is 2.77. The Labute approximate surface area is 164 Å². The maximum atomic E-state index is 12.5. The number of para-hydroxylation sites is 1. The molecule has 2 aromatic carbocycles. The number of benzene rings is 2. The fourth-order valence-electron chi connectivity index (χ4n) is 2.28. The number of rotatable bonds is 4. The summed E-state index contributed by atoms with van der Waals surface area (Å²) in [5.41, 5.74) is 1.11. The molecule has 5 nitrogen and oxygen atoms in total. The van der Waals surface area contributed by atoms with Gasteiger partial charge in [-0.3, -0.25) is 19.3 Å². The Morgan fingerprint density at radius 1 is 1.08 bits per heavy atom. The van der Waals surface area contributed by atoms with Gasteiger partial charge in [-0.1, -0.05) is 53.5 Å². The fourth-order valence-corrected chi connectivity index (χ4v) is 3.47. The van der Waals surface area contributed by atoms with Crippen LogP contribution in [0.5, 0.6) is 0 Å². The van der Waals surface area contributed by atoms with Gasteiger partial charge in [0.25, 0.3) is 11.1 Å². The Morgan fingerprint density at radius 2 is 1.81 bits per heavy atom. The molecule has 26 heavy (non-hydrogen) atoms. The second-order valence-electron chi connectivity index (χ2n) is 5.33. The molecule has 0 bridgehead atoms. The quantitative estimate of drug-likeness (QED) is 0.749. The minimum Gasteiger partial charge on any atom is -0.325 e. The molecule has 1 saturated heterocycles. The Kier molecular flexibility index (Phi) is 5.66. The Bertz CT molecular complexity index is 916. The molecule has 0 unspecified atom stereocenters. The second-order valence-corrected chi connectivity index (χ2v) is 7.10. The van der Waals surface area contributed by atoms with Crippen molar-refractivity contribution in [2.45, 2.75) is 0 Å². The molecule has 3 amide bonds. The summed E-state index contributed by atoms with van der Waals surface area (Å²) in [7, 11) is 0. The summed E-state index contributed by atoms with van der Waals surface area (Å²) in [5.74, 6) is -1.00. The highest BCUT2D eigenvalue weighted by molar-refractivity contribution is 8.18. The summed E-state index contributed by atoms with van der Waals surface area (Å²) in [6.07, 6.45) is 1.49. The van der Waals surface area contributed by atoms with Gasteiger partial charge in [-0.2, -0.15) is 0 Å². The lowest BCUT2D eigenvalue weighted by Crippen LogP contribution is -2.36. The number of carbonyl (C=O) groups is 3. The first kappa shape index (κ1) is 18.5. The number of nitrogens with one attached hydrogen (secondary N) is 1. The zero-order valence-corrected chi connectivity index (χ0v) is 15.6. The van der Waals surface area contributed by atoms with E-state index in [2.05, 4.69) is 5.32 Å². The molecule has 8 heteroatoms. The minimum atomic E-state index is -0.542. The molecule has 1 N–H and O–H groups in total. The van der Waals surface area contributed by atoms with Crippen LogP contribution < -0.4 is 5.32 Å². The molecule has 1 aliphatic heterocycles. The van der Waals surface area contributed by atoms with Crippen LogP contribution in [0.4, 0.5) is 10.5 Å². The van der Waals surface area contributed by atoms with Crippen molar-refractivity contribution in [3.63, 3.8) is 0 Å². The lowest BCUT2D eigenvalue weighted by atomic mass is 10.2. The van der Waals surface area contributed by atoms with E-state index in [0.717, 1.165) is 16.7 Å². The van der Waals surface area contributed by atoms with Crippen molar-refractivity contribution in [3.05, 3.63) is 69.0 Å². The average Bonchev–Trinajstić information content (AvgIpc) is 2.87. The SMILES string of the molecule is O=C(CN1C(=O)S/C(=C\c2cccc(Cl)c2Cl)C1=O)Nc1ccccc1. The Hall–Kier alpha value is -2.28. The van der Waals surface area contributed by atoms with E-state index in [1.807, 2.05) is 6.07 Å². The highest BCUT2D eigenvalue weighted by Gasteiger charge is 2.36. The average molecular weight is 407 g/mol. The second kappa shape index (κ2) is 7.95. The van der Waals surface area contributed by atoms with Crippen molar-refractivity contribution in [1.29, 1.82) is 0 Å². The lowest BCUT2D eigenvalue weighted by Gasteiger charge is -2.12. The topological polar surface area (TPSA) is 66.5 Å². The molecule has 3 rings (SSSR count). The predicted octanol–water partition coefficient (Wildman–Crippen LogP) is 4.67. The Balaban J connectivity index is 1.73. The van der Waals surface area contributed by atoms with Crippen LogP contribution in [0, 0.1) is 0 Å². The highest BCUT2D eigenvalue weighted by Crippen LogP contribution is 2.34. The maximum absolute atomic E-state index is 12.5. The van der Waals surface area contributed by atoms with Crippen molar-refractivity contribution < 1.29 is 14.4 Å². The van der Waals surface area contributed by atoms with Crippen LogP contribution in [0.25, 0.3) is 6.08 Å². The number of amides is 3. The number of carbonyl (C=O) groups excluding carboxylic acids is 3. The number of thioether (sulfide) groups is 1. The van der Waals surface area contributed by atoms with E-state index in [1.54, 1.807) is 42.5 Å². The van der Waals surface area contributed by atoms with Crippen LogP contribution in [-0.2, 0) is 9.59 Å². The maximum Gasteiger partial charge on any atom is 0.294 e. The van der Waals surface area contributed by atoms with E-state index >= 15 is 0 Å². The predicted molar refractivity (Wildman–Crippen MR) is 104 cm³/mol. The summed E-state index contributed by atoms with van der Waals surface area (Å²) in [6, 6.07) is 13.8.